The predicted octanol–water partition coefficient (Wildman–Crippen LogP) is 2.79. The molecule has 0 saturated heterocycles. The number of aliphatic hydroxyl groups is 1. The Kier molecular flexibility index (Phi) is 5.43. The molecule has 4 rings (SSSR count). The molecule has 1 atom stereocenters. The summed E-state index contributed by atoms with van der Waals surface area (Å²) in [6.45, 7) is 0.754. The normalized spacial score (nSPS) is 17.9. The summed E-state index contributed by atoms with van der Waals surface area (Å²) >= 11 is 0. The maximum Gasteiger partial charge on any atom is 0.231 e. The van der Waals surface area contributed by atoms with Crippen molar-refractivity contribution in [3.63, 3.8) is 0 Å². The van der Waals surface area contributed by atoms with E-state index in [4.69, 9.17) is 14.2 Å². The van der Waals surface area contributed by atoms with Crippen molar-refractivity contribution in [1.82, 2.24) is 4.90 Å². The second-order valence-corrected chi connectivity index (χ2v) is 7.44. The van der Waals surface area contributed by atoms with Crippen LogP contribution in [0.25, 0.3) is 0 Å². The first-order valence-electron chi connectivity index (χ1n) is 9.61. The summed E-state index contributed by atoms with van der Waals surface area (Å²) in [4.78, 5) is 15.1. The molecule has 2 heterocycles. The quantitative estimate of drug-likeness (QED) is 0.803. The third-order valence-electron chi connectivity index (χ3n) is 5.71. The lowest BCUT2D eigenvalue weighted by Gasteiger charge is -2.36. The minimum atomic E-state index is -0.400. The largest absolute Gasteiger partial charge is 0.496 e. The average molecular weight is 401 g/mol. The minimum Gasteiger partial charge on any atom is -0.496 e. The first kappa shape index (κ1) is 19.7. The number of hydrogen-bond acceptors (Lipinski definition) is 6. The molecular weight excluding hydrogens is 377 g/mol. The number of benzene rings is 2. The molecule has 6 nitrogen and oxygen atoms in total. The molecule has 0 spiro atoms. The fourth-order valence-corrected chi connectivity index (χ4v) is 4.26. The van der Waals surface area contributed by atoms with E-state index in [2.05, 4.69) is 4.90 Å². The molecule has 0 aliphatic carbocycles. The van der Waals surface area contributed by atoms with Crippen LogP contribution >= 0.6 is 0 Å². The van der Waals surface area contributed by atoms with Gasteiger partial charge in [-0.15, -0.1) is 0 Å². The van der Waals surface area contributed by atoms with E-state index < -0.39 is 5.82 Å². The lowest BCUT2D eigenvalue weighted by molar-refractivity contribution is -0.119. The number of ketones is 1. The van der Waals surface area contributed by atoms with E-state index in [1.165, 1.54) is 19.2 Å². The number of rotatable bonds is 6. The third-order valence-corrected chi connectivity index (χ3v) is 5.71. The maximum absolute atomic E-state index is 13.4. The van der Waals surface area contributed by atoms with Crippen molar-refractivity contribution in [2.75, 3.05) is 27.5 Å². The molecule has 0 bridgehead atoms. The Balaban J connectivity index is 1.62. The van der Waals surface area contributed by atoms with E-state index in [0.29, 0.717) is 28.4 Å². The first-order valence-corrected chi connectivity index (χ1v) is 9.61. The van der Waals surface area contributed by atoms with Crippen molar-refractivity contribution in [2.45, 2.75) is 31.9 Å². The molecule has 2 aliphatic heterocycles. The smallest absolute Gasteiger partial charge is 0.231 e. The monoisotopic (exact) mass is 401 g/mol. The number of carbonyl (C=O) groups excluding carboxylic acids is 1. The maximum atomic E-state index is 13.4. The van der Waals surface area contributed by atoms with Crippen molar-refractivity contribution in [3.05, 3.63) is 52.3 Å². The fourth-order valence-electron chi connectivity index (χ4n) is 4.26. The summed E-state index contributed by atoms with van der Waals surface area (Å²) in [5.41, 5.74) is 3.38. The number of hydrogen-bond donors (Lipinski definition) is 1. The molecular formula is C22H24FNO5. The van der Waals surface area contributed by atoms with Crippen LogP contribution in [0.15, 0.2) is 24.3 Å². The van der Waals surface area contributed by atoms with Crippen LogP contribution in [0.1, 0.15) is 34.7 Å². The Morgan fingerprint density at radius 1 is 1.34 bits per heavy atom. The number of ether oxygens (including phenoxy) is 3. The van der Waals surface area contributed by atoms with Gasteiger partial charge in [0.2, 0.25) is 6.79 Å². The van der Waals surface area contributed by atoms with E-state index in [9.17, 15) is 14.3 Å². The van der Waals surface area contributed by atoms with Gasteiger partial charge in [-0.25, -0.2) is 4.39 Å². The molecule has 2 aromatic rings. The fraction of sp³-hybridized carbons (Fsp3) is 0.409. The number of Topliss-reactive ketones (excluding diaryl/α,β-unsaturated/α-hetero) is 1. The molecule has 0 aromatic heterocycles. The number of carbonyl (C=O) groups is 1. The molecule has 2 aliphatic rings. The molecule has 1 unspecified atom stereocenters. The van der Waals surface area contributed by atoms with E-state index in [-0.39, 0.29) is 38.1 Å². The molecule has 0 amide bonds. The molecule has 0 saturated carbocycles. The molecule has 7 heteroatoms. The van der Waals surface area contributed by atoms with Gasteiger partial charge < -0.3 is 19.3 Å². The number of methoxy groups -OCH3 is 1. The summed E-state index contributed by atoms with van der Waals surface area (Å²) < 4.78 is 29.7. The Hall–Kier alpha value is -2.64. The Labute approximate surface area is 168 Å². The SMILES string of the molecule is COc1cc(F)ccc1CC(=O)CC1c2c(cc3c(c2CO)OCO3)CCN1C. The van der Waals surface area contributed by atoms with Crippen molar-refractivity contribution in [1.29, 1.82) is 0 Å². The molecule has 0 radical (unpaired) electrons. The van der Waals surface area contributed by atoms with Crippen molar-refractivity contribution >= 4 is 5.78 Å². The van der Waals surface area contributed by atoms with Crippen LogP contribution in [0.2, 0.25) is 0 Å². The Morgan fingerprint density at radius 3 is 2.93 bits per heavy atom. The van der Waals surface area contributed by atoms with Crippen LogP contribution < -0.4 is 14.2 Å². The zero-order valence-electron chi connectivity index (χ0n) is 16.5. The van der Waals surface area contributed by atoms with Gasteiger partial charge in [-0.1, -0.05) is 6.07 Å². The van der Waals surface area contributed by atoms with E-state index in [1.54, 1.807) is 6.07 Å². The van der Waals surface area contributed by atoms with Gasteiger partial charge in [0.05, 0.1) is 13.7 Å². The summed E-state index contributed by atoms with van der Waals surface area (Å²) in [6, 6.07) is 5.99. The van der Waals surface area contributed by atoms with Gasteiger partial charge in [-0.2, -0.15) is 0 Å². The minimum absolute atomic E-state index is 0.0150. The topological polar surface area (TPSA) is 68.2 Å². The summed E-state index contributed by atoms with van der Waals surface area (Å²) in [5, 5.41) is 10.0. The van der Waals surface area contributed by atoms with Crippen molar-refractivity contribution < 1.29 is 28.5 Å². The average Bonchev–Trinajstić information content (AvgIpc) is 3.18. The highest BCUT2D eigenvalue weighted by Gasteiger charge is 2.33. The second-order valence-electron chi connectivity index (χ2n) is 7.44. The van der Waals surface area contributed by atoms with Gasteiger partial charge in [-0.3, -0.25) is 9.69 Å². The highest BCUT2D eigenvalue weighted by Crippen LogP contribution is 2.45. The Morgan fingerprint density at radius 2 is 2.17 bits per heavy atom. The number of fused-ring (bicyclic) bond motifs is 2. The summed E-state index contributed by atoms with van der Waals surface area (Å²) in [5.74, 6) is 1.21. The first-order chi connectivity index (χ1) is 14.0. The van der Waals surface area contributed by atoms with Crippen LogP contribution in [0.5, 0.6) is 17.2 Å². The van der Waals surface area contributed by atoms with Gasteiger partial charge in [0.1, 0.15) is 17.3 Å². The lowest BCUT2D eigenvalue weighted by atomic mass is 9.85. The van der Waals surface area contributed by atoms with Crippen molar-refractivity contribution in [3.8, 4) is 17.2 Å². The van der Waals surface area contributed by atoms with Gasteiger partial charge in [0.15, 0.2) is 11.5 Å². The third kappa shape index (κ3) is 3.68. The second kappa shape index (κ2) is 8.00. The number of halogens is 1. The van der Waals surface area contributed by atoms with Gasteiger partial charge in [0.25, 0.3) is 0 Å². The van der Waals surface area contributed by atoms with Gasteiger partial charge >= 0.3 is 0 Å². The molecule has 154 valence electrons. The number of likely N-dealkylation sites (N-methyl/N-ethyl adjacent to an activating group) is 1. The highest BCUT2D eigenvalue weighted by atomic mass is 19.1. The van der Waals surface area contributed by atoms with Crippen LogP contribution in [-0.2, 0) is 24.2 Å². The molecule has 1 N–H and O–H groups in total. The Bertz CT molecular complexity index is 945. The van der Waals surface area contributed by atoms with E-state index in [0.717, 1.165) is 24.1 Å². The van der Waals surface area contributed by atoms with Crippen LogP contribution in [0.3, 0.4) is 0 Å². The summed E-state index contributed by atoms with van der Waals surface area (Å²) in [7, 11) is 3.44. The van der Waals surface area contributed by atoms with Crippen LogP contribution in [0.4, 0.5) is 4.39 Å². The highest BCUT2D eigenvalue weighted by molar-refractivity contribution is 5.82. The van der Waals surface area contributed by atoms with Gasteiger partial charge in [0, 0.05) is 42.6 Å². The molecule has 0 fully saturated rings. The molecule has 29 heavy (non-hydrogen) atoms. The van der Waals surface area contributed by atoms with E-state index >= 15 is 0 Å². The number of nitrogens with zero attached hydrogens (tertiary/aromatic N) is 1. The van der Waals surface area contributed by atoms with Crippen LogP contribution in [0, 0.1) is 5.82 Å². The predicted molar refractivity (Wildman–Crippen MR) is 104 cm³/mol. The zero-order valence-corrected chi connectivity index (χ0v) is 16.5. The van der Waals surface area contributed by atoms with Crippen molar-refractivity contribution in [2.24, 2.45) is 0 Å². The van der Waals surface area contributed by atoms with Gasteiger partial charge in [-0.05, 0) is 36.7 Å². The number of aliphatic hydroxyl groups excluding tert-OH is 1. The zero-order chi connectivity index (χ0) is 20.5. The lowest BCUT2D eigenvalue weighted by Crippen LogP contribution is -2.34. The van der Waals surface area contributed by atoms with Crippen LogP contribution in [-0.4, -0.2) is 43.3 Å². The standard InChI is InChI=1S/C22H24FNO5/c1-24-6-5-14-8-20-22(29-12-28-20)17(11-25)21(14)18(24)10-16(26)7-13-3-4-15(23)9-19(13)27-2/h3-4,8-9,18,25H,5-7,10-12H2,1-2H3. The van der Waals surface area contributed by atoms with E-state index in [1.807, 2.05) is 13.1 Å². The summed E-state index contributed by atoms with van der Waals surface area (Å²) in [6.07, 6.45) is 1.24. The molecule has 2 aromatic carbocycles.